The number of halogens is 1. The Morgan fingerprint density at radius 2 is 1.69 bits per heavy atom. The van der Waals surface area contributed by atoms with Crippen LogP contribution in [0.2, 0.25) is 0 Å². The number of unbranched alkanes of at least 4 members (excludes halogenated alkanes) is 1. The quantitative estimate of drug-likeness (QED) is 0.321. The van der Waals surface area contributed by atoms with E-state index in [2.05, 4.69) is 5.32 Å². The van der Waals surface area contributed by atoms with E-state index < -0.39 is 18.2 Å². The lowest BCUT2D eigenvalue weighted by Crippen LogP contribution is -2.47. The normalized spacial score (nSPS) is 17.4. The van der Waals surface area contributed by atoms with Gasteiger partial charge in [-0.1, -0.05) is 12.1 Å². The van der Waals surface area contributed by atoms with Crippen LogP contribution in [-0.2, 0) is 4.79 Å². The largest absolute Gasteiger partial charge is 0.497 e. The van der Waals surface area contributed by atoms with Crippen molar-refractivity contribution >= 4 is 5.91 Å². The molecule has 36 heavy (non-hydrogen) atoms. The molecule has 2 aromatic carbocycles. The van der Waals surface area contributed by atoms with Crippen LogP contribution in [-0.4, -0.2) is 79.8 Å². The Bertz CT molecular complexity index is 911. The highest BCUT2D eigenvalue weighted by molar-refractivity contribution is 5.76. The predicted octanol–water partition coefficient (Wildman–Crippen LogP) is 2.88. The minimum Gasteiger partial charge on any atom is -0.497 e. The SMILES string of the molecule is COc1ccc(OCCC(=O)N[C@H](CN2CCC(O)C2)[C@H](O)c2ccc(OCCCCF)cc2)cc1. The number of aliphatic hydroxyl groups is 2. The highest BCUT2D eigenvalue weighted by Gasteiger charge is 2.29. The number of aliphatic hydroxyl groups excluding tert-OH is 2. The third-order valence-electron chi connectivity index (χ3n) is 6.11. The molecule has 9 heteroatoms. The van der Waals surface area contributed by atoms with Crippen LogP contribution >= 0.6 is 0 Å². The topological polar surface area (TPSA) is 100 Å². The molecule has 8 nitrogen and oxygen atoms in total. The van der Waals surface area contributed by atoms with Gasteiger partial charge in [0.05, 0.1) is 45.6 Å². The molecule has 3 atom stereocenters. The molecule has 0 radical (unpaired) electrons. The lowest BCUT2D eigenvalue weighted by atomic mass is 10.0. The van der Waals surface area contributed by atoms with Crippen molar-refractivity contribution in [2.24, 2.45) is 0 Å². The van der Waals surface area contributed by atoms with E-state index in [1.807, 2.05) is 4.90 Å². The molecule has 0 aliphatic carbocycles. The number of amides is 1. The van der Waals surface area contributed by atoms with Crippen LogP contribution in [0.3, 0.4) is 0 Å². The van der Waals surface area contributed by atoms with E-state index in [-0.39, 0.29) is 25.6 Å². The summed E-state index contributed by atoms with van der Waals surface area (Å²) >= 11 is 0. The van der Waals surface area contributed by atoms with Crippen molar-refractivity contribution < 1.29 is 33.6 Å². The number of carbonyl (C=O) groups is 1. The number of likely N-dealkylation sites (tertiary alicyclic amines) is 1. The van der Waals surface area contributed by atoms with Crippen LogP contribution in [0.1, 0.15) is 37.4 Å². The Morgan fingerprint density at radius 3 is 2.31 bits per heavy atom. The zero-order valence-corrected chi connectivity index (χ0v) is 20.8. The van der Waals surface area contributed by atoms with Crippen molar-refractivity contribution in [1.29, 1.82) is 0 Å². The molecule has 0 aromatic heterocycles. The fraction of sp³-hybridized carbons (Fsp3) is 0.519. The second-order valence-corrected chi connectivity index (χ2v) is 8.91. The maximum atomic E-state index is 12.7. The summed E-state index contributed by atoms with van der Waals surface area (Å²) in [5, 5.41) is 24.0. The number of β-amino-alcohol motifs (C(OH)–C–C–N with tert-alkyl or cyclic N) is 1. The maximum Gasteiger partial charge on any atom is 0.223 e. The van der Waals surface area contributed by atoms with Crippen molar-refractivity contribution in [1.82, 2.24) is 10.2 Å². The summed E-state index contributed by atoms with van der Waals surface area (Å²) in [7, 11) is 1.59. The monoisotopic (exact) mass is 504 g/mol. The van der Waals surface area contributed by atoms with Gasteiger partial charge in [0.25, 0.3) is 0 Å². The van der Waals surface area contributed by atoms with E-state index in [1.165, 1.54) is 0 Å². The fourth-order valence-electron chi connectivity index (χ4n) is 4.07. The molecule has 2 aromatic rings. The molecule has 0 spiro atoms. The van der Waals surface area contributed by atoms with Crippen LogP contribution in [0, 0.1) is 0 Å². The molecule has 0 bridgehead atoms. The number of benzene rings is 2. The van der Waals surface area contributed by atoms with Gasteiger partial charge in [0.2, 0.25) is 5.91 Å². The molecule has 198 valence electrons. The molecule has 1 aliphatic heterocycles. The van der Waals surface area contributed by atoms with Crippen molar-refractivity contribution in [3.63, 3.8) is 0 Å². The first-order valence-electron chi connectivity index (χ1n) is 12.4. The van der Waals surface area contributed by atoms with Crippen LogP contribution in [0.15, 0.2) is 48.5 Å². The van der Waals surface area contributed by atoms with Gasteiger partial charge in [-0.05, 0) is 61.2 Å². The number of nitrogens with zero attached hydrogens (tertiary/aromatic N) is 1. The minimum absolute atomic E-state index is 0.129. The lowest BCUT2D eigenvalue weighted by Gasteiger charge is -2.29. The third-order valence-corrected chi connectivity index (χ3v) is 6.11. The van der Waals surface area contributed by atoms with E-state index in [9.17, 15) is 19.4 Å². The highest BCUT2D eigenvalue weighted by Crippen LogP contribution is 2.23. The maximum absolute atomic E-state index is 12.7. The Morgan fingerprint density at radius 1 is 1.06 bits per heavy atom. The Labute approximate surface area is 212 Å². The van der Waals surface area contributed by atoms with Gasteiger partial charge < -0.3 is 29.7 Å². The molecular formula is C27H37FN2O6. The van der Waals surface area contributed by atoms with Gasteiger partial charge in [-0.3, -0.25) is 14.1 Å². The number of nitrogens with one attached hydrogen (secondary N) is 1. The first-order valence-corrected chi connectivity index (χ1v) is 12.4. The summed E-state index contributed by atoms with van der Waals surface area (Å²) < 4.78 is 28.6. The average Bonchev–Trinajstić information content (AvgIpc) is 3.31. The van der Waals surface area contributed by atoms with E-state index >= 15 is 0 Å². The van der Waals surface area contributed by atoms with Crippen molar-refractivity contribution in [2.75, 3.05) is 46.6 Å². The molecule has 1 aliphatic rings. The molecule has 1 fully saturated rings. The van der Waals surface area contributed by atoms with Crippen molar-refractivity contribution in [3.8, 4) is 17.2 Å². The van der Waals surface area contributed by atoms with Gasteiger partial charge in [0, 0.05) is 19.6 Å². The third kappa shape index (κ3) is 8.96. The fourth-order valence-corrected chi connectivity index (χ4v) is 4.07. The summed E-state index contributed by atoms with van der Waals surface area (Å²) in [5.74, 6) is 1.77. The lowest BCUT2D eigenvalue weighted by molar-refractivity contribution is -0.123. The number of carbonyl (C=O) groups excluding carboxylic acids is 1. The zero-order chi connectivity index (χ0) is 25.8. The summed E-state index contributed by atoms with van der Waals surface area (Å²) in [6, 6.07) is 13.6. The van der Waals surface area contributed by atoms with Crippen LogP contribution in [0.4, 0.5) is 4.39 Å². The first kappa shape index (κ1) is 27.7. The van der Waals surface area contributed by atoms with E-state index in [0.29, 0.717) is 62.6 Å². The van der Waals surface area contributed by atoms with Crippen molar-refractivity contribution in [2.45, 2.75) is 43.9 Å². The Hall–Kier alpha value is -2.88. The second-order valence-electron chi connectivity index (χ2n) is 8.91. The summed E-state index contributed by atoms with van der Waals surface area (Å²) in [6.07, 6.45) is 0.553. The number of rotatable bonds is 15. The Kier molecular flexibility index (Phi) is 11.3. The number of ether oxygens (including phenoxy) is 3. The average molecular weight is 505 g/mol. The van der Waals surface area contributed by atoms with Gasteiger partial charge in [-0.2, -0.15) is 0 Å². The minimum atomic E-state index is -0.949. The second kappa shape index (κ2) is 14.6. The smallest absolute Gasteiger partial charge is 0.223 e. The summed E-state index contributed by atoms with van der Waals surface area (Å²) in [5.41, 5.74) is 0.644. The van der Waals surface area contributed by atoms with Gasteiger partial charge >= 0.3 is 0 Å². The molecule has 0 saturated carbocycles. The molecule has 1 amide bonds. The van der Waals surface area contributed by atoms with Gasteiger partial charge in [-0.25, -0.2) is 0 Å². The Balaban J connectivity index is 1.56. The van der Waals surface area contributed by atoms with Gasteiger partial charge in [0.15, 0.2) is 0 Å². The molecule has 1 saturated heterocycles. The van der Waals surface area contributed by atoms with E-state index in [4.69, 9.17) is 14.2 Å². The molecular weight excluding hydrogens is 467 g/mol. The number of hydrogen-bond donors (Lipinski definition) is 3. The van der Waals surface area contributed by atoms with Crippen molar-refractivity contribution in [3.05, 3.63) is 54.1 Å². The summed E-state index contributed by atoms with van der Waals surface area (Å²) in [4.78, 5) is 14.7. The molecule has 1 heterocycles. The number of hydrogen-bond acceptors (Lipinski definition) is 7. The first-order chi connectivity index (χ1) is 17.5. The summed E-state index contributed by atoms with van der Waals surface area (Å²) in [6.45, 7) is 1.88. The standard InChI is InChI=1S/C27H37FN2O6/c1-34-22-8-10-24(11-9-22)36-17-13-26(32)29-25(19-30-15-12-21(31)18-30)27(33)20-4-6-23(7-5-20)35-16-3-2-14-28/h4-11,21,25,27,31,33H,2-3,12-19H2,1H3,(H,29,32)/t21?,25-,27-/m1/s1. The number of methoxy groups -OCH3 is 1. The van der Waals surface area contributed by atoms with Crippen LogP contribution in [0.25, 0.3) is 0 Å². The highest BCUT2D eigenvalue weighted by atomic mass is 19.1. The molecule has 3 N–H and O–H groups in total. The molecule has 3 rings (SSSR count). The van der Waals surface area contributed by atoms with E-state index in [1.54, 1.807) is 55.6 Å². The van der Waals surface area contributed by atoms with E-state index in [0.717, 1.165) is 5.75 Å². The van der Waals surface area contributed by atoms with Crippen LogP contribution < -0.4 is 19.5 Å². The molecule has 1 unspecified atom stereocenters. The number of alkyl halides is 1. The predicted molar refractivity (Wildman–Crippen MR) is 134 cm³/mol. The van der Waals surface area contributed by atoms with Crippen LogP contribution in [0.5, 0.6) is 17.2 Å². The van der Waals surface area contributed by atoms with Gasteiger partial charge in [-0.15, -0.1) is 0 Å². The van der Waals surface area contributed by atoms with Gasteiger partial charge in [0.1, 0.15) is 23.4 Å². The zero-order valence-electron chi connectivity index (χ0n) is 20.8.